The first kappa shape index (κ1) is 20.3. The molecular formula is C26H25NO2S. The molecule has 0 saturated carbocycles. The summed E-state index contributed by atoms with van der Waals surface area (Å²) >= 11 is 1.79. The number of fused-ring (bicyclic) bond motifs is 1. The molecule has 3 nitrogen and oxygen atoms in total. The molecule has 4 rings (SSSR count). The van der Waals surface area contributed by atoms with Gasteiger partial charge in [0.2, 0.25) is 0 Å². The molecule has 1 amide bonds. The van der Waals surface area contributed by atoms with E-state index in [-0.39, 0.29) is 5.91 Å². The second-order valence-electron chi connectivity index (χ2n) is 7.61. The summed E-state index contributed by atoms with van der Waals surface area (Å²) in [7, 11) is 0. The molecule has 4 aromatic rings. The van der Waals surface area contributed by atoms with Crippen LogP contribution in [0.1, 0.15) is 38.4 Å². The van der Waals surface area contributed by atoms with E-state index in [0.29, 0.717) is 11.5 Å². The molecule has 0 bridgehead atoms. The van der Waals surface area contributed by atoms with Crippen LogP contribution in [-0.4, -0.2) is 5.91 Å². The summed E-state index contributed by atoms with van der Waals surface area (Å²) in [6.07, 6.45) is 0. The quantitative estimate of drug-likeness (QED) is 0.367. The van der Waals surface area contributed by atoms with Crippen molar-refractivity contribution in [1.82, 2.24) is 0 Å². The Kier molecular flexibility index (Phi) is 5.96. The van der Waals surface area contributed by atoms with E-state index in [9.17, 15) is 4.79 Å². The molecule has 0 aliphatic heterocycles. The average Bonchev–Trinajstić information content (AvgIpc) is 3.10. The van der Waals surface area contributed by atoms with E-state index in [1.807, 2.05) is 56.3 Å². The zero-order valence-electron chi connectivity index (χ0n) is 17.5. The van der Waals surface area contributed by atoms with E-state index in [1.54, 1.807) is 11.8 Å². The molecule has 0 atom stereocenters. The van der Waals surface area contributed by atoms with Crippen molar-refractivity contribution in [2.45, 2.75) is 32.3 Å². The predicted molar refractivity (Wildman–Crippen MR) is 126 cm³/mol. The molecule has 0 fully saturated rings. The lowest BCUT2D eigenvalue weighted by Crippen LogP contribution is -2.14. The fourth-order valence-electron chi connectivity index (χ4n) is 3.82. The van der Waals surface area contributed by atoms with Gasteiger partial charge in [0, 0.05) is 28.1 Å². The lowest BCUT2D eigenvalue weighted by atomic mass is 10.0. The highest BCUT2D eigenvalue weighted by molar-refractivity contribution is 7.97. The number of benzene rings is 3. The Morgan fingerprint density at radius 1 is 0.900 bits per heavy atom. The number of aryl methyl sites for hydroxylation is 3. The van der Waals surface area contributed by atoms with Crippen LogP contribution in [0.2, 0.25) is 0 Å². The molecule has 152 valence electrons. The monoisotopic (exact) mass is 415 g/mol. The highest BCUT2D eigenvalue weighted by Crippen LogP contribution is 2.32. The van der Waals surface area contributed by atoms with Crippen molar-refractivity contribution in [2.24, 2.45) is 0 Å². The van der Waals surface area contributed by atoms with Crippen molar-refractivity contribution in [3.63, 3.8) is 0 Å². The van der Waals surface area contributed by atoms with Crippen LogP contribution in [0, 0.1) is 20.8 Å². The lowest BCUT2D eigenvalue weighted by molar-refractivity contribution is 0.0997. The van der Waals surface area contributed by atoms with Crippen LogP contribution >= 0.6 is 11.8 Å². The summed E-state index contributed by atoms with van der Waals surface area (Å²) in [6, 6.07) is 22.4. The van der Waals surface area contributed by atoms with Crippen molar-refractivity contribution in [3.8, 4) is 0 Å². The molecular weight excluding hydrogens is 390 g/mol. The van der Waals surface area contributed by atoms with Gasteiger partial charge in [-0.15, -0.1) is 0 Å². The Morgan fingerprint density at radius 3 is 2.30 bits per heavy atom. The summed E-state index contributed by atoms with van der Waals surface area (Å²) < 4.78 is 6.01. The number of rotatable bonds is 6. The zero-order valence-corrected chi connectivity index (χ0v) is 18.3. The summed E-state index contributed by atoms with van der Waals surface area (Å²) in [5, 5.41) is 4.09. The Labute approximate surface area is 181 Å². The van der Waals surface area contributed by atoms with E-state index >= 15 is 0 Å². The summed E-state index contributed by atoms with van der Waals surface area (Å²) in [5.74, 6) is 1.80. The first-order valence-electron chi connectivity index (χ1n) is 10.0. The van der Waals surface area contributed by atoms with E-state index in [0.717, 1.165) is 39.1 Å². The minimum absolute atomic E-state index is 0.198. The maximum atomic E-state index is 13.2. The van der Waals surface area contributed by atoms with Crippen LogP contribution in [0.15, 0.2) is 71.1 Å². The number of amides is 1. The van der Waals surface area contributed by atoms with Crippen molar-refractivity contribution in [1.29, 1.82) is 0 Å². The van der Waals surface area contributed by atoms with E-state index in [4.69, 9.17) is 4.42 Å². The second-order valence-corrected chi connectivity index (χ2v) is 8.60. The van der Waals surface area contributed by atoms with Gasteiger partial charge in [-0.2, -0.15) is 11.8 Å². The van der Waals surface area contributed by atoms with Gasteiger partial charge in [-0.3, -0.25) is 4.79 Å². The Hall–Kier alpha value is -2.98. The van der Waals surface area contributed by atoms with Gasteiger partial charge in [0.15, 0.2) is 5.76 Å². The minimum Gasteiger partial charge on any atom is -0.451 e. The maximum Gasteiger partial charge on any atom is 0.291 e. The predicted octanol–water partition coefficient (Wildman–Crippen LogP) is 7.04. The molecule has 0 aliphatic rings. The Morgan fingerprint density at radius 2 is 1.57 bits per heavy atom. The van der Waals surface area contributed by atoms with Crippen LogP contribution in [0.3, 0.4) is 0 Å². The van der Waals surface area contributed by atoms with E-state index in [1.165, 1.54) is 11.1 Å². The smallest absolute Gasteiger partial charge is 0.291 e. The SMILES string of the molecule is Cc1cc(C)c(NC(=O)c2oc3ccccc3c2CSCc2ccccc2)c(C)c1. The molecule has 1 N–H and O–H groups in total. The summed E-state index contributed by atoms with van der Waals surface area (Å²) in [4.78, 5) is 13.2. The van der Waals surface area contributed by atoms with E-state index < -0.39 is 0 Å². The molecule has 0 saturated heterocycles. The fraction of sp³-hybridized carbons (Fsp3) is 0.192. The number of para-hydroxylation sites is 1. The number of furan rings is 1. The molecule has 3 aromatic carbocycles. The van der Waals surface area contributed by atoms with E-state index in [2.05, 4.69) is 36.5 Å². The first-order valence-corrected chi connectivity index (χ1v) is 11.2. The molecule has 1 heterocycles. The van der Waals surface area contributed by atoms with Gasteiger partial charge in [-0.25, -0.2) is 0 Å². The summed E-state index contributed by atoms with van der Waals surface area (Å²) in [5.41, 5.74) is 7.11. The van der Waals surface area contributed by atoms with Crippen LogP contribution in [0.25, 0.3) is 11.0 Å². The zero-order chi connectivity index (χ0) is 21.1. The minimum atomic E-state index is -0.198. The Bertz CT molecular complexity index is 1170. The largest absolute Gasteiger partial charge is 0.451 e. The average molecular weight is 416 g/mol. The fourth-order valence-corrected chi connectivity index (χ4v) is 4.84. The topological polar surface area (TPSA) is 42.2 Å². The van der Waals surface area contributed by atoms with Crippen LogP contribution < -0.4 is 5.32 Å². The van der Waals surface area contributed by atoms with Crippen molar-refractivity contribution in [2.75, 3.05) is 5.32 Å². The highest BCUT2D eigenvalue weighted by atomic mass is 32.2. The van der Waals surface area contributed by atoms with Gasteiger partial charge in [-0.05, 0) is 43.5 Å². The van der Waals surface area contributed by atoms with Gasteiger partial charge < -0.3 is 9.73 Å². The third-order valence-corrected chi connectivity index (χ3v) is 6.21. The number of carbonyl (C=O) groups excluding carboxylic acids is 1. The molecule has 4 heteroatoms. The third kappa shape index (κ3) is 4.29. The van der Waals surface area contributed by atoms with Gasteiger partial charge in [-0.1, -0.05) is 66.2 Å². The normalized spacial score (nSPS) is 11.0. The number of nitrogens with one attached hydrogen (secondary N) is 1. The van der Waals surface area contributed by atoms with Gasteiger partial charge in [0.05, 0.1) is 0 Å². The lowest BCUT2D eigenvalue weighted by Gasteiger charge is -2.12. The van der Waals surface area contributed by atoms with Gasteiger partial charge in [0.25, 0.3) is 5.91 Å². The number of thioether (sulfide) groups is 1. The van der Waals surface area contributed by atoms with Crippen LogP contribution in [-0.2, 0) is 11.5 Å². The maximum absolute atomic E-state index is 13.2. The second kappa shape index (κ2) is 8.80. The van der Waals surface area contributed by atoms with Crippen molar-refractivity contribution in [3.05, 3.63) is 100 Å². The summed E-state index contributed by atoms with van der Waals surface area (Å²) in [6.45, 7) is 6.10. The molecule has 1 aromatic heterocycles. The molecule has 0 aliphatic carbocycles. The van der Waals surface area contributed by atoms with Gasteiger partial charge in [0.1, 0.15) is 5.58 Å². The van der Waals surface area contributed by atoms with Crippen LogP contribution in [0.4, 0.5) is 5.69 Å². The van der Waals surface area contributed by atoms with Gasteiger partial charge >= 0.3 is 0 Å². The molecule has 30 heavy (non-hydrogen) atoms. The first-order chi connectivity index (χ1) is 14.5. The highest BCUT2D eigenvalue weighted by Gasteiger charge is 2.21. The third-order valence-electron chi connectivity index (χ3n) is 5.18. The molecule has 0 unspecified atom stereocenters. The standard InChI is InChI=1S/C26H25NO2S/c1-17-13-18(2)24(19(3)14-17)27-26(28)25-22(21-11-7-8-12-23(21)29-25)16-30-15-20-9-5-4-6-10-20/h4-14H,15-16H2,1-3H3,(H,27,28). The molecule has 0 spiro atoms. The molecule has 0 radical (unpaired) electrons. The Balaban J connectivity index is 1.61. The number of hydrogen-bond acceptors (Lipinski definition) is 3. The number of hydrogen-bond donors (Lipinski definition) is 1. The van der Waals surface area contributed by atoms with Crippen molar-refractivity contribution < 1.29 is 9.21 Å². The van der Waals surface area contributed by atoms with Crippen LogP contribution in [0.5, 0.6) is 0 Å². The number of carbonyl (C=O) groups is 1. The van der Waals surface area contributed by atoms with Crippen molar-refractivity contribution >= 4 is 34.3 Å². The number of anilines is 1.